The average molecular weight is 476 g/mol. The second-order valence-electron chi connectivity index (χ2n) is 6.27. The summed E-state index contributed by atoms with van der Waals surface area (Å²) in [5.41, 5.74) is 1.42. The van der Waals surface area contributed by atoms with E-state index in [1.54, 1.807) is 36.4 Å². The Morgan fingerprint density at radius 3 is 2.60 bits per heavy atom. The number of carbonyl (C=O) groups excluding carboxylic acids is 1. The van der Waals surface area contributed by atoms with Crippen molar-refractivity contribution in [2.45, 2.75) is 6.92 Å². The van der Waals surface area contributed by atoms with Gasteiger partial charge in [0.2, 0.25) is 0 Å². The molecule has 4 rings (SSSR count). The number of hydrogen-bond acceptors (Lipinski definition) is 5. The number of anilines is 1. The summed E-state index contributed by atoms with van der Waals surface area (Å²) in [5.74, 6) is 1.66. The highest BCUT2D eigenvalue weighted by atomic mass is 35.5. The van der Waals surface area contributed by atoms with Crippen molar-refractivity contribution < 1.29 is 13.9 Å². The number of thiocarbonyl (C=S) groups is 1. The van der Waals surface area contributed by atoms with Crippen molar-refractivity contribution in [3.63, 3.8) is 0 Å². The van der Waals surface area contributed by atoms with E-state index in [0.29, 0.717) is 43.1 Å². The van der Waals surface area contributed by atoms with E-state index in [9.17, 15) is 4.79 Å². The van der Waals surface area contributed by atoms with Crippen LogP contribution in [-0.4, -0.2) is 16.8 Å². The standard InChI is InChI=1S/C22H15Cl2NO3S2/c1-2-27-15-6-4-14(5-7-15)25-21(26)20(30-22(25)29)12-16-8-10-19(28-16)17-9-3-13(23)11-18(17)24/h3-12H,2H2,1H3/b20-12-. The van der Waals surface area contributed by atoms with E-state index in [4.69, 9.17) is 44.6 Å². The molecule has 0 spiro atoms. The molecule has 4 nitrogen and oxygen atoms in total. The fraction of sp³-hybridized carbons (Fsp3) is 0.0909. The van der Waals surface area contributed by atoms with Gasteiger partial charge in [-0.15, -0.1) is 0 Å². The summed E-state index contributed by atoms with van der Waals surface area (Å²) in [7, 11) is 0. The fourth-order valence-electron chi connectivity index (χ4n) is 2.94. The topological polar surface area (TPSA) is 42.7 Å². The van der Waals surface area contributed by atoms with E-state index in [1.165, 1.54) is 16.7 Å². The Kier molecular flexibility index (Phi) is 6.20. The highest BCUT2D eigenvalue weighted by Crippen LogP contribution is 2.38. The van der Waals surface area contributed by atoms with Gasteiger partial charge in [0.15, 0.2) is 4.32 Å². The summed E-state index contributed by atoms with van der Waals surface area (Å²) in [6, 6.07) is 16.0. The number of thioether (sulfide) groups is 1. The molecule has 0 unspecified atom stereocenters. The maximum absolute atomic E-state index is 12.9. The molecule has 0 atom stereocenters. The predicted octanol–water partition coefficient (Wildman–Crippen LogP) is 7.06. The van der Waals surface area contributed by atoms with Crippen molar-refractivity contribution in [3.05, 3.63) is 75.3 Å². The van der Waals surface area contributed by atoms with E-state index in [0.717, 1.165) is 11.3 Å². The van der Waals surface area contributed by atoms with Crippen molar-refractivity contribution in [2.75, 3.05) is 11.5 Å². The molecule has 2 heterocycles. The van der Waals surface area contributed by atoms with Gasteiger partial charge in [0, 0.05) is 16.7 Å². The Morgan fingerprint density at radius 1 is 1.13 bits per heavy atom. The van der Waals surface area contributed by atoms with Gasteiger partial charge in [-0.25, -0.2) is 0 Å². The summed E-state index contributed by atoms with van der Waals surface area (Å²) in [6.45, 7) is 2.50. The summed E-state index contributed by atoms with van der Waals surface area (Å²) >= 11 is 18.9. The number of ether oxygens (including phenoxy) is 1. The SMILES string of the molecule is CCOc1ccc(N2C(=O)/C(=C/c3ccc(-c4ccc(Cl)cc4Cl)o3)SC2=S)cc1. The molecule has 2 aromatic carbocycles. The maximum atomic E-state index is 12.9. The van der Waals surface area contributed by atoms with Gasteiger partial charge >= 0.3 is 0 Å². The first-order valence-electron chi connectivity index (χ1n) is 9.02. The highest BCUT2D eigenvalue weighted by molar-refractivity contribution is 8.27. The zero-order chi connectivity index (χ0) is 21.3. The monoisotopic (exact) mass is 475 g/mol. The van der Waals surface area contributed by atoms with Crippen LogP contribution in [0.15, 0.2) is 63.9 Å². The van der Waals surface area contributed by atoms with Gasteiger partial charge in [-0.2, -0.15) is 0 Å². The zero-order valence-corrected chi connectivity index (χ0v) is 18.9. The lowest BCUT2D eigenvalue weighted by Crippen LogP contribution is -2.27. The molecule has 1 aliphatic heterocycles. The molecule has 1 aromatic heterocycles. The normalized spacial score (nSPS) is 15.3. The Labute approximate surface area is 193 Å². The molecular formula is C22H15Cl2NO3S2. The van der Waals surface area contributed by atoms with Crippen LogP contribution in [0.3, 0.4) is 0 Å². The summed E-state index contributed by atoms with van der Waals surface area (Å²) in [6.07, 6.45) is 1.68. The molecule has 3 aromatic rings. The van der Waals surface area contributed by atoms with Crippen molar-refractivity contribution in [1.82, 2.24) is 0 Å². The van der Waals surface area contributed by atoms with Crippen LogP contribution in [-0.2, 0) is 4.79 Å². The molecule has 152 valence electrons. The van der Waals surface area contributed by atoms with Crippen LogP contribution in [0.1, 0.15) is 12.7 Å². The van der Waals surface area contributed by atoms with E-state index >= 15 is 0 Å². The quantitative estimate of drug-likeness (QED) is 0.291. The first-order valence-corrected chi connectivity index (χ1v) is 11.0. The van der Waals surface area contributed by atoms with Crippen LogP contribution in [0.25, 0.3) is 17.4 Å². The second kappa shape index (κ2) is 8.86. The van der Waals surface area contributed by atoms with Crippen LogP contribution < -0.4 is 9.64 Å². The van der Waals surface area contributed by atoms with Crippen molar-refractivity contribution in [1.29, 1.82) is 0 Å². The smallest absolute Gasteiger partial charge is 0.270 e. The summed E-state index contributed by atoms with van der Waals surface area (Å²) < 4.78 is 11.8. The minimum Gasteiger partial charge on any atom is -0.494 e. The Hall–Kier alpha value is -2.25. The lowest BCUT2D eigenvalue weighted by molar-refractivity contribution is -0.113. The number of carbonyl (C=O) groups is 1. The first kappa shape index (κ1) is 21.0. The van der Waals surface area contributed by atoms with E-state index < -0.39 is 0 Å². The van der Waals surface area contributed by atoms with Crippen LogP contribution >= 0.6 is 47.2 Å². The number of halogens is 2. The molecular weight excluding hydrogens is 461 g/mol. The van der Waals surface area contributed by atoms with Crippen LogP contribution in [0.4, 0.5) is 5.69 Å². The number of amides is 1. The highest BCUT2D eigenvalue weighted by Gasteiger charge is 2.33. The molecule has 1 aliphatic rings. The van der Waals surface area contributed by atoms with Crippen molar-refractivity contribution in [3.8, 4) is 17.1 Å². The molecule has 0 saturated carbocycles. The molecule has 0 bridgehead atoms. The van der Waals surface area contributed by atoms with Gasteiger partial charge in [-0.3, -0.25) is 9.69 Å². The number of nitrogens with zero attached hydrogens (tertiary/aromatic N) is 1. The third-order valence-electron chi connectivity index (χ3n) is 4.30. The number of benzene rings is 2. The van der Waals surface area contributed by atoms with Crippen LogP contribution in [0.5, 0.6) is 5.75 Å². The molecule has 30 heavy (non-hydrogen) atoms. The molecule has 1 saturated heterocycles. The molecule has 0 radical (unpaired) electrons. The molecule has 0 N–H and O–H groups in total. The maximum Gasteiger partial charge on any atom is 0.270 e. The van der Waals surface area contributed by atoms with Gasteiger partial charge in [-0.1, -0.05) is 47.2 Å². The average Bonchev–Trinajstić information content (AvgIpc) is 3.27. The van der Waals surface area contributed by atoms with Crippen molar-refractivity contribution in [2.24, 2.45) is 0 Å². The van der Waals surface area contributed by atoms with Crippen molar-refractivity contribution >= 4 is 69.2 Å². The minimum absolute atomic E-state index is 0.198. The fourth-order valence-corrected chi connectivity index (χ4v) is 4.72. The van der Waals surface area contributed by atoms with Crippen LogP contribution in [0, 0.1) is 0 Å². The number of rotatable bonds is 5. The van der Waals surface area contributed by atoms with Gasteiger partial charge in [0.1, 0.15) is 17.3 Å². The lowest BCUT2D eigenvalue weighted by Gasteiger charge is -2.15. The second-order valence-corrected chi connectivity index (χ2v) is 8.79. The number of hydrogen-bond donors (Lipinski definition) is 0. The largest absolute Gasteiger partial charge is 0.494 e. The van der Waals surface area contributed by atoms with Crippen LogP contribution in [0.2, 0.25) is 10.0 Å². The van der Waals surface area contributed by atoms with E-state index in [1.807, 2.05) is 31.2 Å². The first-order chi connectivity index (χ1) is 14.5. The van der Waals surface area contributed by atoms with Gasteiger partial charge < -0.3 is 9.15 Å². The Bertz CT molecular complexity index is 1160. The zero-order valence-electron chi connectivity index (χ0n) is 15.7. The molecule has 1 amide bonds. The predicted molar refractivity (Wildman–Crippen MR) is 127 cm³/mol. The van der Waals surface area contributed by atoms with Gasteiger partial charge in [-0.05, 0) is 61.5 Å². The molecule has 0 aliphatic carbocycles. The summed E-state index contributed by atoms with van der Waals surface area (Å²) in [4.78, 5) is 14.9. The Balaban J connectivity index is 1.57. The van der Waals surface area contributed by atoms with Gasteiger partial charge in [0.05, 0.1) is 22.2 Å². The Morgan fingerprint density at radius 2 is 1.90 bits per heavy atom. The minimum atomic E-state index is -0.198. The third-order valence-corrected chi connectivity index (χ3v) is 6.15. The van der Waals surface area contributed by atoms with Gasteiger partial charge in [0.25, 0.3) is 5.91 Å². The number of furan rings is 1. The third kappa shape index (κ3) is 4.27. The molecule has 8 heteroatoms. The molecule has 1 fully saturated rings. The van der Waals surface area contributed by atoms with E-state index in [2.05, 4.69) is 0 Å². The lowest BCUT2D eigenvalue weighted by atomic mass is 10.2. The summed E-state index contributed by atoms with van der Waals surface area (Å²) in [5, 5.41) is 1.04. The van der Waals surface area contributed by atoms with E-state index in [-0.39, 0.29) is 5.91 Å².